The fourth-order valence-electron chi connectivity index (χ4n) is 2.05. The van der Waals surface area contributed by atoms with Crippen molar-refractivity contribution in [2.75, 3.05) is 13.4 Å². The average Bonchev–Trinajstić information content (AvgIpc) is 2.28. The predicted octanol–water partition coefficient (Wildman–Crippen LogP) is 2.88. The first-order valence-electron chi connectivity index (χ1n) is 6.54. The molecule has 1 aliphatic rings. The largest absolute Gasteiger partial charge is 0.388 e. The smallest absolute Gasteiger partial charge is 0.147 e. The zero-order chi connectivity index (χ0) is 12.9. The maximum Gasteiger partial charge on any atom is 0.147 e. The van der Waals surface area contributed by atoms with Crippen LogP contribution in [0.25, 0.3) is 0 Å². The molecule has 3 nitrogen and oxygen atoms in total. The molecule has 100 valence electrons. The van der Waals surface area contributed by atoms with Crippen molar-refractivity contribution >= 4 is 0 Å². The summed E-state index contributed by atoms with van der Waals surface area (Å²) in [5.74, 6) is 0. The van der Waals surface area contributed by atoms with Gasteiger partial charge in [-0.2, -0.15) is 0 Å². The lowest BCUT2D eigenvalue weighted by Crippen LogP contribution is -2.36. The van der Waals surface area contributed by atoms with Crippen molar-refractivity contribution in [3.8, 4) is 0 Å². The second-order valence-corrected chi connectivity index (χ2v) is 5.67. The second-order valence-electron chi connectivity index (χ2n) is 5.67. The summed E-state index contributed by atoms with van der Waals surface area (Å²) in [6.07, 6.45) is 4.86. The van der Waals surface area contributed by atoms with Crippen LogP contribution >= 0.6 is 0 Å². The van der Waals surface area contributed by atoms with Crippen LogP contribution in [0.3, 0.4) is 0 Å². The lowest BCUT2D eigenvalue weighted by atomic mass is 9.79. The van der Waals surface area contributed by atoms with Gasteiger partial charge in [-0.25, -0.2) is 0 Å². The van der Waals surface area contributed by atoms with Gasteiger partial charge in [-0.1, -0.05) is 26.8 Å². The van der Waals surface area contributed by atoms with E-state index in [0.29, 0.717) is 13.4 Å². The molecule has 2 atom stereocenters. The standard InChI is InChI=1S/C14H26O3/c1-5-16-10-17-12-9-7-6-8-11(12)13(15)14(2,3)4/h8,12-13,15H,5-7,9-10H2,1-4H3/t12-,13+/m1/s1. The van der Waals surface area contributed by atoms with Crippen LogP contribution in [0, 0.1) is 5.41 Å². The molecule has 0 radical (unpaired) electrons. The van der Waals surface area contributed by atoms with Gasteiger partial charge >= 0.3 is 0 Å². The van der Waals surface area contributed by atoms with Gasteiger partial charge in [0.2, 0.25) is 0 Å². The molecule has 0 aromatic rings. The van der Waals surface area contributed by atoms with Crippen LogP contribution in [0.15, 0.2) is 11.6 Å². The number of rotatable bonds is 5. The van der Waals surface area contributed by atoms with E-state index in [0.717, 1.165) is 24.8 Å². The maximum atomic E-state index is 10.3. The quantitative estimate of drug-likeness (QED) is 0.458. The van der Waals surface area contributed by atoms with Crippen molar-refractivity contribution in [2.24, 2.45) is 5.41 Å². The first kappa shape index (κ1) is 14.7. The molecule has 0 spiro atoms. The van der Waals surface area contributed by atoms with Gasteiger partial charge in [0.05, 0.1) is 12.2 Å². The third-order valence-electron chi connectivity index (χ3n) is 3.11. The van der Waals surface area contributed by atoms with Crippen LogP contribution in [0.2, 0.25) is 0 Å². The van der Waals surface area contributed by atoms with Crippen LogP contribution in [-0.2, 0) is 9.47 Å². The Morgan fingerprint density at radius 2 is 2.18 bits per heavy atom. The topological polar surface area (TPSA) is 38.7 Å². The van der Waals surface area contributed by atoms with Crippen molar-refractivity contribution in [2.45, 2.75) is 59.2 Å². The van der Waals surface area contributed by atoms with Gasteiger partial charge in [-0.05, 0) is 37.2 Å². The summed E-state index contributed by atoms with van der Waals surface area (Å²) in [5, 5.41) is 10.3. The van der Waals surface area contributed by atoms with E-state index >= 15 is 0 Å². The Balaban J connectivity index is 2.62. The summed E-state index contributed by atoms with van der Waals surface area (Å²) in [4.78, 5) is 0. The Morgan fingerprint density at radius 3 is 2.76 bits per heavy atom. The van der Waals surface area contributed by atoms with Crippen LogP contribution < -0.4 is 0 Å². The van der Waals surface area contributed by atoms with Crippen LogP contribution in [-0.4, -0.2) is 30.7 Å². The molecule has 0 aromatic heterocycles. The first-order valence-corrected chi connectivity index (χ1v) is 6.54. The number of ether oxygens (including phenoxy) is 2. The fraction of sp³-hybridized carbons (Fsp3) is 0.857. The highest BCUT2D eigenvalue weighted by molar-refractivity contribution is 5.18. The molecule has 0 saturated heterocycles. The lowest BCUT2D eigenvalue weighted by Gasteiger charge is -2.34. The molecule has 1 rings (SSSR count). The van der Waals surface area contributed by atoms with E-state index in [9.17, 15) is 5.11 Å². The van der Waals surface area contributed by atoms with E-state index < -0.39 is 6.10 Å². The van der Waals surface area contributed by atoms with Crippen LogP contribution in [0.1, 0.15) is 47.0 Å². The van der Waals surface area contributed by atoms with Crippen molar-refractivity contribution in [1.82, 2.24) is 0 Å². The van der Waals surface area contributed by atoms with Crippen molar-refractivity contribution in [3.63, 3.8) is 0 Å². The highest BCUT2D eigenvalue weighted by Crippen LogP contribution is 2.32. The molecule has 0 saturated carbocycles. The zero-order valence-electron chi connectivity index (χ0n) is 11.5. The number of hydrogen-bond acceptors (Lipinski definition) is 3. The van der Waals surface area contributed by atoms with Crippen molar-refractivity contribution in [1.29, 1.82) is 0 Å². The van der Waals surface area contributed by atoms with E-state index in [1.54, 1.807) is 0 Å². The van der Waals surface area contributed by atoms with Crippen molar-refractivity contribution < 1.29 is 14.6 Å². The number of allylic oxidation sites excluding steroid dienone is 1. The van der Waals surface area contributed by atoms with E-state index in [1.165, 1.54) is 0 Å². The number of aliphatic hydroxyl groups is 1. The number of aliphatic hydroxyl groups excluding tert-OH is 1. The van der Waals surface area contributed by atoms with E-state index in [2.05, 4.69) is 6.08 Å². The summed E-state index contributed by atoms with van der Waals surface area (Å²) in [6, 6.07) is 0. The summed E-state index contributed by atoms with van der Waals surface area (Å²) in [6.45, 7) is 9.07. The van der Waals surface area contributed by atoms with Gasteiger partial charge in [-0.15, -0.1) is 0 Å². The normalized spacial score (nSPS) is 23.4. The molecule has 0 unspecified atom stereocenters. The molecule has 0 aliphatic heterocycles. The third kappa shape index (κ3) is 4.41. The summed E-state index contributed by atoms with van der Waals surface area (Å²) >= 11 is 0. The molecular formula is C14H26O3. The monoisotopic (exact) mass is 242 g/mol. The van der Waals surface area contributed by atoms with Gasteiger partial charge in [0, 0.05) is 6.61 Å². The summed E-state index contributed by atoms with van der Waals surface area (Å²) in [7, 11) is 0. The molecule has 1 N–H and O–H groups in total. The minimum Gasteiger partial charge on any atom is -0.388 e. The predicted molar refractivity (Wildman–Crippen MR) is 68.8 cm³/mol. The number of hydrogen-bond donors (Lipinski definition) is 1. The van der Waals surface area contributed by atoms with Gasteiger partial charge in [0.15, 0.2) is 0 Å². The van der Waals surface area contributed by atoms with Crippen LogP contribution in [0.4, 0.5) is 0 Å². The van der Waals surface area contributed by atoms with Crippen LogP contribution in [0.5, 0.6) is 0 Å². The van der Waals surface area contributed by atoms with E-state index in [-0.39, 0.29) is 11.5 Å². The van der Waals surface area contributed by atoms with Gasteiger partial charge in [-0.3, -0.25) is 0 Å². The Kier molecular flexibility index (Phi) is 5.63. The minimum absolute atomic E-state index is 0.0181. The maximum absolute atomic E-state index is 10.3. The molecule has 0 amide bonds. The molecule has 0 fully saturated rings. The van der Waals surface area contributed by atoms with Crippen molar-refractivity contribution in [3.05, 3.63) is 11.6 Å². The fourth-order valence-corrected chi connectivity index (χ4v) is 2.05. The Morgan fingerprint density at radius 1 is 1.47 bits per heavy atom. The molecule has 0 bridgehead atoms. The summed E-state index contributed by atoms with van der Waals surface area (Å²) in [5.41, 5.74) is 0.889. The molecule has 3 heteroatoms. The second kappa shape index (κ2) is 6.53. The van der Waals surface area contributed by atoms with E-state index in [1.807, 2.05) is 27.7 Å². The van der Waals surface area contributed by atoms with Gasteiger partial charge < -0.3 is 14.6 Å². The highest BCUT2D eigenvalue weighted by atomic mass is 16.7. The first-order chi connectivity index (χ1) is 7.96. The highest BCUT2D eigenvalue weighted by Gasteiger charge is 2.31. The third-order valence-corrected chi connectivity index (χ3v) is 3.11. The zero-order valence-corrected chi connectivity index (χ0v) is 11.5. The van der Waals surface area contributed by atoms with Gasteiger partial charge in [0.25, 0.3) is 0 Å². The average molecular weight is 242 g/mol. The Labute approximate surface area is 105 Å². The van der Waals surface area contributed by atoms with E-state index in [4.69, 9.17) is 9.47 Å². The molecule has 0 aromatic carbocycles. The molecular weight excluding hydrogens is 216 g/mol. The Bertz CT molecular complexity index is 253. The lowest BCUT2D eigenvalue weighted by molar-refractivity contribution is -0.0865. The molecule has 0 heterocycles. The molecule has 17 heavy (non-hydrogen) atoms. The SMILES string of the molecule is CCOCO[C@@H]1CCCC=C1[C@H](O)C(C)(C)C. The Hall–Kier alpha value is -0.380. The summed E-state index contributed by atoms with van der Waals surface area (Å²) < 4.78 is 10.9. The van der Waals surface area contributed by atoms with Gasteiger partial charge in [0.1, 0.15) is 6.79 Å². The minimum atomic E-state index is -0.436. The molecule has 1 aliphatic carbocycles.